The molecule has 0 radical (unpaired) electrons. The molecule has 2 atom stereocenters. The number of ether oxygens (including phenoxy) is 2. The van der Waals surface area contributed by atoms with Gasteiger partial charge in [0, 0.05) is 13.2 Å². The van der Waals surface area contributed by atoms with Crippen molar-refractivity contribution in [2.24, 2.45) is 5.41 Å². The first kappa shape index (κ1) is 17.7. The highest BCUT2D eigenvalue weighted by molar-refractivity contribution is 5.79. The van der Waals surface area contributed by atoms with Crippen LogP contribution in [0.1, 0.15) is 33.6 Å². The van der Waals surface area contributed by atoms with E-state index in [9.17, 15) is 14.7 Å². The fraction of sp³-hybridized carbons (Fsp3) is 0.857. The van der Waals surface area contributed by atoms with Gasteiger partial charge in [-0.25, -0.2) is 4.79 Å². The van der Waals surface area contributed by atoms with Crippen molar-refractivity contribution in [1.82, 2.24) is 10.6 Å². The lowest BCUT2D eigenvalue weighted by Crippen LogP contribution is -2.52. The van der Waals surface area contributed by atoms with E-state index in [2.05, 4.69) is 10.6 Å². The summed E-state index contributed by atoms with van der Waals surface area (Å²) in [7, 11) is 0. The molecule has 7 nitrogen and oxygen atoms in total. The molecule has 0 spiro atoms. The second-order valence-corrected chi connectivity index (χ2v) is 5.82. The van der Waals surface area contributed by atoms with Crippen LogP contribution in [-0.4, -0.2) is 55.6 Å². The average Bonchev–Trinajstić information content (AvgIpc) is 2.76. The number of nitrogens with one attached hydrogen (secondary N) is 2. The molecule has 0 aromatic carbocycles. The van der Waals surface area contributed by atoms with Crippen LogP contribution in [0.5, 0.6) is 0 Å². The largest absolute Gasteiger partial charge is 0.481 e. The predicted molar refractivity (Wildman–Crippen MR) is 77.2 cm³/mol. The Morgan fingerprint density at radius 1 is 1.43 bits per heavy atom. The zero-order valence-electron chi connectivity index (χ0n) is 13.0. The lowest BCUT2D eigenvalue weighted by molar-refractivity contribution is -0.148. The smallest absolute Gasteiger partial charge is 0.315 e. The number of urea groups is 1. The Morgan fingerprint density at radius 3 is 2.76 bits per heavy atom. The third-order valence-corrected chi connectivity index (χ3v) is 3.56. The van der Waals surface area contributed by atoms with Crippen molar-refractivity contribution in [1.29, 1.82) is 0 Å². The van der Waals surface area contributed by atoms with Gasteiger partial charge < -0.3 is 25.2 Å². The number of hydrogen-bond acceptors (Lipinski definition) is 4. The van der Waals surface area contributed by atoms with Crippen molar-refractivity contribution in [3.05, 3.63) is 0 Å². The number of rotatable bonds is 8. The zero-order chi connectivity index (χ0) is 15.9. The molecule has 21 heavy (non-hydrogen) atoms. The SMILES string of the molecule is CC(C)OCCCCNC(=O)NC1COCC1(C)C(=O)O. The van der Waals surface area contributed by atoms with Crippen LogP contribution >= 0.6 is 0 Å². The molecule has 1 aliphatic rings. The standard InChI is InChI=1S/C14H26N2O5/c1-10(2)21-7-5-4-6-15-13(19)16-11-8-20-9-14(11,3)12(17)18/h10-11H,4-9H2,1-3H3,(H,17,18)(H2,15,16,19). The van der Waals surface area contributed by atoms with Gasteiger partial charge >= 0.3 is 12.0 Å². The van der Waals surface area contributed by atoms with E-state index < -0.39 is 17.4 Å². The predicted octanol–water partition coefficient (Wildman–Crippen LogP) is 0.981. The molecule has 3 N–H and O–H groups in total. The van der Waals surface area contributed by atoms with Gasteiger partial charge in [0.2, 0.25) is 0 Å². The lowest BCUT2D eigenvalue weighted by Gasteiger charge is -2.25. The summed E-state index contributed by atoms with van der Waals surface area (Å²) in [5.41, 5.74) is -1.07. The molecule has 0 aromatic rings. The summed E-state index contributed by atoms with van der Waals surface area (Å²) in [6.07, 6.45) is 1.91. The van der Waals surface area contributed by atoms with Crippen LogP contribution < -0.4 is 10.6 Å². The van der Waals surface area contributed by atoms with Gasteiger partial charge in [-0.05, 0) is 33.6 Å². The number of amides is 2. The number of carboxylic acid groups (broad SMARTS) is 1. The van der Waals surface area contributed by atoms with Gasteiger partial charge in [-0.1, -0.05) is 0 Å². The van der Waals surface area contributed by atoms with Crippen molar-refractivity contribution in [2.45, 2.75) is 45.8 Å². The minimum Gasteiger partial charge on any atom is -0.481 e. The summed E-state index contributed by atoms with van der Waals surface area (Å²) in [5, 5.41) is 14.6. The Labute approximate surface area is 125 Å². The first-order valence-electron chi connectivity index (χ1n) is 7.33. The Morgan fingerprint density at radius 2 is 2.14 bits per heavy atom. The molecular formula is C14H26N2O5. The molecule has 0 saturated carbocycles. The van der Waals surface area contributed by atoms with Gasteiger partial charge in [0.05, 0.1) is 25.4 Å². The van der Waals surface area contributed by atoms with E-state index in [0.29, 0.717) is 13.2 Å². The summed E-state index contributed by atoms with van der Waals surface area (Å²) >= 11 is 0. The Kier molecular flexibility index (Phi) is 6.91. The number of aliphatic carboxylic acids is 1. The fourth-order valence-corrected chi connectivity index (χ4v) is 2.04. The number of unbranched alkanes of at least 4 members (excludes halogenated alkanes) is 1. The molecule has 1 saturated heterocycles. The summed E-state index contributed by atoms with van der Waals surface area (Å²) in [5.74, 6) is -0.962. The Hall–Kier alpha value is -1.34. The van der Waals surface area contributed by atoms with Crippen molar-refractivity contribution >= 4 is 12.0 Å². The van der Waals surface area contributed by atoms with E-state index in [4.69, 9.17) is 9.47 Å². The highest BCUT2D eigenvalue weighted by atomic mass is 16.5. The van der Waals surface area contributed by atoms with Gasteiger partial charge in [-0.2, -0.15) is 0 Å². The maximum absolute atomic E-state index is 11.7. The molecule has 1 aliphatic heterocycles. The third kappa shape index (κ3) is 5.51. The van der Waals surface area contributed by atoms with Gasteiger partial charge in [-0.15, -0.1) is 0 Å². The summed E-state index contributed by atoms with van der Waals surface area (Å²) in [6.45, 7) is 7.08. The number of carbonyl (C=O) groups is 2. The summed E-state index contributed by atoms with van der Waals surface area (Å²) < 4.78 is 10.6. The maximum atomic E-state index is 11.7. The third-order valence-electron chi connectivity index (χ3n) is 3.56. The van der Waals surface area contributed by atoms with E-state index in [1.807, 2.05) is 13.8 Å². The summed E-state index contributed by atoms with van der Waals surface area (Å²) in [4.78, 5) is 23.0. The van der Waals surface area contributed by atoms with E-state index in [-0.39, 0.29) is 25.3 Å². The second-order valence-electron chi connectivity index (χ2n) is 5.82. The molecule has 1 rings (SSSR count). The Bertz CT molecular complexity index is 361. The number of carbonyl (C=O) groups excluding carboxylic acids is 1. The highest BCUT2D eigenvalue weighted by Gasteiger charge is 2.47. The monoisotopic (exact) mass is 302 g/mol. The van der Waals surface area contributed by atoms with Crippen LogP contribution in [0.25, 0.3) is 0 Å². The van der Waals surface area contributed by atoms with Crippen molar-refractivity contribution in [2.75, 3.05) is 26.4 Å². The molecule has 0 aliphatic carbocycles. The highest BCUT2D eigenvalue weighted by Crippen LogP contribution is 2.28. The first-order chi connectivity index (χ1) is 9.86. The number of hydrogen-bond donors (Lipinski definition) is 3. The fourth-order valence-electron chi connectivity index (χ4n) is 2.04. The quantitative estimate of drug-likeness (QED) is 0.581. The van der Waals surface area contributed by atoms with E-state index in [1.165, 1.54) is 0 Å². The van der Waals surface area contributed by atoms with E-state index in [1.54, 1.807) is 6.92 Å². The Balaban J connectivity index is 2.20. The van der Waals surface area contributed by atoms with Crippen LogP contribution in [0.15, 0.2) is 0 Å². The van der Waals surface area contributed by atoms with Crippen molar-refractivity contribution in [3.8, 4) is 0 Å². The zero-order valence-corrected chi connectivity index (χ0v) is 13.0. The molecule has 122 valence electrons. The van der Waals surface area contributed by atoms with Crippen LogP contribution in [-0.2, 0) is 14.3 Å². The molecule has 1 fully saturated rings. The second kappa shape index (κ2) is 8.19. The van der Waals surface area contributed by atoms with Crippen molar-refractivity contribution in [3.63, 3.8) is 0 Å². The minimum atomic E-state index is -1.07. The maximum Gasteiger partial charge on any atom is 0.315 e. The molecule has 0 aromatic heterocycles. The van der Waals surface area contributed by atoms with E-state index >= 15 is 0 Å². The molecule has 1 heterocycles. The summed E-state index contributed by atoms with van der Waals surface area (Å²) in [6, 6.07) is -0.873. The molecule has 2 unspecified atom stereocenters. The van der Waals surface area contributed by atoms with Crippen LogP contribution in [0.2, 0.25) is 0 Å². The minimum absolute atomic E-state index is 0.111. The molecule has 0 bridgehead atoms. The van der Waals surface area contributed by atoms with Gasteiger partial charge in [-0.3, -0.25) is 4.79 Å². The molecule has 7 heteroatoms. The van der Waals surface area contributed by atoms with Crippen LogP contribution in [0.3, 0.4) is 0 Å². The first-order valence-corrected chi connectivity index (χ1v) is 7.33. The number of carboxylic acids is 1. The lowest BCUT2D eigenvalue weighted by atomic mass is 9.85. The topological polar surface area (TPSA) is 96.9 Å². The van der Waals surface area contributed by atoms with Crippen molar-refractivity contribution < 1.29 is 24.2 Å². The van der Waals surface area contributed by atoms with Gasteiger partial charge in [0.1, 0.15) is 5.41 Å². The van der Waals surface area contributed by atoms with Gasteiger partial charge in [0.25, 0.3) is 0 Å². The van der Waals surface area contributed by atoms with Crippen LogP contribution in [0, 0.1) is 5.41 Å². The molecular weight excluding hydrogens is 276 g/mol. The van der Waals surface area contributed by atoms with Gasteiger partial charge in [0.15, 0.2) is 0 Å². The molecule has 2 amide bonds. The van der Waals surface area contributed by atoms with Crippen LogP contribution in [0.4, 0.5) is 4.79 Å². The normalized spacial score (nSPS) is 25.0. The average molecular weight is 302 g/mol. The van der Waals surface area contributed by atoms with E-state index in [0.717, 1.165) is 12.8 Å².